The maximum absolute atomic E-state index is 12.6. The molecule has 4 rings (SSSR count). The second-order valence-electron chi connectivity index (χ2n) is 6.58. The molecule has 0 aromatic heterocycles. The monoisotopic (exact) mass is 260 g/mol. The SMILES string of the molecule is CC1=C[C@@H]2[C@@H](C(C)=C1O)[C@@H]1C=C[C@]2(C)C(=O)[C@@]1(C)O. The highest BCUT2D eigenvalue weighted by molar-refractivity contribution is 5.97. The molecule has 3 nitrogen and oxygen atoms in total. The summed E-state index contributed by atoms with van der Waals surface area (Å²) in [4.78, 5) is 12.6. The highest BCUT2D eigenvalue weighted by Gasteiger charge is 2.63. The van der Waals surface area contributed by atoms with Gasteiger partial charge in [0.1, 0.15) is 11.4 Å². The van der Waals surface area contributed by atoms with Crippen LogP contribution in [0.25, 0.3) is 0 Å². The first-order valence-corrected chi connectivity index (χ1v) is 6.76. The number of Topliss-reactive ketones (excluding diaryl/α,β-unsaturated/α-hetero) is 1. The van der Waals surface area contributed by atoms with Gasteiger partial charge in [-0.15, -0.1) is 0 Å². The standard InChI is InChI=1S/C16H20O3/c1-8-7-11-12(9(2)13(8)17)10-5-6-15(11,3)14(18)16(10,4)19/h5-7,10-12,17,19H,1-4H3/t10-,11+,12-,15-,16-/m0/s1. The summed E-state index contributed by atoms with van der Waals surface area (Å²) < 4.78 is 0. The molecule has 19 heavy (non-hydrogen) atoms. The number of aliphatic hydroxyl groups is 2. The third-order valence-corrected chi connectivity index (χ3v) is 5.39. The molecule has 3 heteroatoms. The molecule has 0 aromatic carbocycles. The molecule has 0 heterocycles. The average Bonchev–Trinajstić information content (AvgIpc) is 2.34. The Hall–Kier alpha value is -1.35. The van der Waals surface area contributed by atoms with Crippen molar-refractivity contribution in [3.8, 4) is 0 Å². The Balaban J connectivity index is 2.24. The predicted molar refractivity (Wildman–Crippen MR) is 72.4 cm³/mol. The van der Waals surface area contributed by atoms with Crippen molar-refractivity contribution in [1.82, 2.24) is 0 Å². The fourth-order valence-corrected chi connectivity index (χ4v) is 4.22. The van der Waals surface area contributed by atoms with Crippen LogP contribution < -0.4 is 0 Å². The van der Waals surface area contributed by atoms with Crippen LogP contribution in [0.1, 0.15) is 27.7 Å². The minimum atomic E-state index is -1.34. The van der Waals surface area contributed by atoms with Gasteiger partial charge in [-0.1, -0.05) is 18.2 Å². The third-order valence-electron chi connectivity index (χ3n) is 5.39. The molecule has 0 saturated heterocycles. The maximum atomic E-state index is 12.6. The molecule has 2 bridgehead atoms. The first-order valence-electron chi connectivity index (χ1n) is 6.76. The summed E-state index contributed by atoms with van der Waals surface area (Å²) in [5.41, 5.74) is -0.302. The van der Waals surface area contributed by atoms with Gasteiger partial charge >= 0.3 is 0 Å². The number of aliphatic hydroxyl groups excluding tert-OH is 1. The molecule has 0 radical (unpaired) electrons. The smallest absolute Gasteiger partial charge is 0.174 e. The van der Waals surface area contributed by atoms with Gasteiger partial charge in [0.2, 0.25) is 0 Å². The van der Waals surface area contributed by atoms with Gasteiger partial charge in [-0.05, 0) is 38.8 Å². The number of hydrogen-bond donors (Lipinski definition) is 2. The van der Waals surface area contributed by atoms with Crippen molar-refractivity contribution in [2.45, 2.75) is 33.3 Å². The molecule has 0 aromatic rings. The number of allylic oxidation sites excluding steroid dienone is 4. The van der Waals surface area contributed by atoms with E-state index in [2.05, 4.69) is 0 Å². The Morgan fingerprint density at radius 1 is 1.21 bits per heavy atom. The topological polar surface area (TPSA) is 57.5 Å². The summed E-state index contributed by atoms with van der Waals surface area (Å²) in [6, 6.07) is 0. The third kappa shape index (κ3) is 1.29. The molecular weight excluding hydrogens is 240 g/mol. The van der Waals surface area contributed by atoms with Crippen molar-refractivity contribution >= 4 is 5.78 Å². The molecule has 1 fully saturated rings. The van der Waals surface area contributed by atoms with E-state index in [-0.39, 0.29) is 23.5 Å². The summed E-state index contributed by atoms with van der Waals surface area (Å²) in [7, 11) is 0. The Morgan fingerprint density at radius 3 is 2.47 bits per heavy atom. The van der Waals surface area contributed by atoms with Crippen LogP contribution in [0.2, 0.25) is 0 Å². The van der Waals surface area contributed by atoms with Crippen molar-refractivity contribution in [2.75, 3.05) is 0 Å². The molecule has 0 amide bonds. The Labute approximate surface area is 113 Å². The van der Waals surface area contributed by atoms with E-state index in [4.69, 9.17) is 0 Å². The molecule has 1 saturated carbocycles. The van der Waals surface area contributed by atoms with Crippen molar-refractivity contribution < 1.29 is 15.0 Å². The zero-order valence-corrected chi connectivity index (χ0v) is 11.8. The van der Waals surface area contributed by atoms with E-state index in [9.17, 15) is 15.0 Å². The van der Waals surface area contributed by atoms with Crippen molar-refractivity contribution in [3.63, 3.8) is 0 Å². The van der Waals surface area contributed by atoms with Crippen LogP contribution >= 0.6 is 0 Å². The van der Waals surface area contributed by atoms with Crippen molar-refractivity contribution in [3.05, 3.63) is 35.1 Å². The molecule has 102 valence electrons. The lowest BCUT2D eigenvalue weighted by atomic mass is 9.47. The highest BCUT2D eigenvalue weighted by Crippen LogP contribution is 2.58. The van der Waals surface area contributed by atoms with Gasteiger partial charge in [-0.2, -0.15) is 0 Å². The van der Waals surface area contributed by atoms with E-state index in [0.717, 1.165) is 11.1 Å². The quantitative estimate of drug-likeness (QED) is 0.658. The van der Waals surface area contributed by atoms with Crippen LogP contribution in [0, 0.1) is 23.2 Å². The van der Waals surface area contributed by atoms with E-state index in [1.54, 1.807) is 6.92 Å². The number of hydrogen-bond acceptors (Lipinski definition) is 3. The first-order chi connectivity index (χ1) is 8.71. The summed E-state index contributed by atoms with van der Waals surface area (Å²) in [5.74, 6) is -0.00288. The zero-order chi connectivity index (χ0) is 14.2. The van der Waals surface area contributed by atoms with Crippen LogP contribution in [0.3, 0.4) is 0 Å². The summed E-state index contributed by atoms with van der Waals surface area (Å²) in [6.45, 7) is 7.27. The van der Waals surface area contributed by atoms with Gasteiger partial charge in [0.15, 0.2) is 5.78 Å². The second kappa shape index (κ2) is 3.40. The van der Waals surface area contributed by atoms with E-state index in [1.165, 1.54) is 0 Å². The highest BCUT2D eigenvalue weighted by atomic mass is 16.3. The number of carbonyl (C=O) groups excluding carboxylic acids is 1. The molecule has 4 aliphatic carbocycles. The minimum absolute atomic E-state index is 0.00593. The Kier molecular flexibility index (Phi) is 2.27. The number of ketones is 1. The van der Waals surface area contributed by atoms with E-state index in [1.807, 2.05) is 39.0 Å². The largest absolute Gasteiger partial charge is 0.508 e. The normalized spacial score (nSPS) is 48.4. The zero-order valence-electron chi connectivity index (χ0n) is 11.8. The van der Waals surface area contributed by atoms with Gasteiger partial charge in [0.05, 0.1) is 5.41 Å². The lowest BCUT2D eigenvalue weighted by Gasteiger charge is -2.56. The Bertz CT molecular complexity index is 565. The first kappa shape index (κ1) is 12.7. The number of rotatable bonds is 0. The van der Waals surface area contributed by atoms with E-state index >= 15 is 0 Å². The van der Waals surface area contributed by atoms with E-state index in [0.29, 0.717) is 5.76 Å². The summed E-state index contributed by atoms with van der Waals surface area (Å²) in [6.07, 6.45) is 5.89. The molecule has 0 aliphatic heterocycles. The molecular formula is C16H20O3. The minimum Gasteiger partial charge on any atom is -0.508 e. The van der Waals surface area contributed by atoms with Crippen LogP contribution in [0.5, 0.6) is 0 Å². The molecule has 2 N–H and O–H groups in total. The van der Waals surface area contributed by atoms with Gasteiger partial charge in [0.25, 0.3) is 0 Å². The summed E-state index contributed by atoms with van der Waals surface area (Å²) in [5, 5.41) is 20.7. The lowest BCUT2D eigenvalue weighted by molar-refractivity contribution is -0.163. The van der Waals surface area contributed by atoms with Crippen molar-refractivity contribution in [1.29, 1.82) is 0 Å². The number of carbonyl (C=O) groups is 1. The molecule has 0 spiro atoms. The van der Waals surface area contributed by atoms with Crippen LogP contribution in [0.4, 0.5) is 0 Å². The van der Waals surface area contributed by atoms with Gasteiger partial charge in [0, 0.05) is 17.8 Å². The second-order valence-corrected chi connectivity index (χ2v) is 6.58. The molecule has 4 aliphatic rings. The van der Waals surface area contributed by atoms with E-state index < -0.39 is 11.0 Å². The van der Waals surface area contributed by atoms with Gasteiger partial charge in [-0.25, -0.2) is 0 Å². The molecule has 5 atom stereocenters. The van der Waals surface area contributed by atoms with Crippen LogP contribution in [0.15, 0.2) is 35.1 Å². The van der Waals surface area contributed by atoms with Crippen LogP contribution in [-0.2, 0) is 4.79 Å². The fraction of sp³-hybridized carbons (Fsp3) is 0.562. The van der Waals surface area contributed by atoms with Crippen molar-refractivity contribution in [2.24, 2.45) is 23.2 Å². The lowest BCUT2D eigenvalue weighted by Crippen LogP contribution is -2.64. The molecule has 0 unspecified atom stereocenters. The predicted octanol–water partition coefficient (Wildman–Crippen LogP) is 2.54. The van der Waals surface area contributed by atoms with Crippen LogP contribution in [-0.4, -0.2) is 21.6 Å². The fourth-order valence-electron chi connectivity index (χ4n) is 4.22. The number of fused-ring (bicyclic) bond motifs is 1. The van der Waals surface area contributed by atoms with Gasteiger partial charge < -0.3 is 10.2 Å². The summed E-state index contributed by atoms with van der Waals surface area (Å²) >= 11 is 0. The van der Waals surface area contributed by atoms with Gasteiger partial charge in [-0.3, -0.25) is 4.79 Å². The maximum Gasteiger partial charge on any atom is 0.174 e. The Morgan fingerprint density at radius 2 is 1.84 bits per heavy atom. The average molecular weight is 260 g/mol.